The Balaban J connectivity index is 4.67. The third kappa shape index (κ3) is 9.27. The lowest BCUT2D eigenvalue weighted by Gasteiger charge is -2.20. The minimum absolute atomic E-state index is 0.239. The van der Waals surface area contributed by atoms with E-state index in [1.165, 1.54) is 0 Å². The van der Waals surface area contributed by atoms with E-state index in [-0.39, 0.29) is 6.42 Å². The molecule has 0 saturated carbocycles. The van der Waals surface area contributed by atoms with Crippen LogP contribution in [0.15, 0.2) is 0 Å². The number of aliphatic hydroxyl groups excluding tert-OH is 2. The molecule has 3 atom stereocenters. The summed E-state index contributed by atoms with van der Waals surface area (Å²) in [6, 6.07) is -3.67. The number of carbonyl (C=O) groups excluding carboxylic acids is 3. The molecule has 0 aliphatic carbocycles. The number of rotatable bonds is 13. The molecule has 150 valence electrons. The van der Waals surface area contributed by atoms with E-state index < -0.39 is 61.6 Å². The van der Waals surface area contributed by atoms with Crippen molar-refractivity contribution in [2.24, 2.45) is 11.5 Å². The number of carbonyl (C=O) groups is 4. The summed E-state index contributed by atoms with van der Waals surface area (Å²) in [5.74, 6) is -3.64. The summed E-state index contributed by atoms with van der Waals surface area (Å²) in [6.45, 7) is -1.54. The molecule has 0 aliphatic heterocycles. The SMILES string of the molecule is NCCCC[C@H](NC(=O)[C@@H](N)CO)C(=O)NCC(=O)N[C@@H](CO)C(=O)O. The van der Waals surface area contributed by atoms with Gasteiger partial charge >= 0.3 is 5.97 Å². The number of hydrogen-bond acceptors (Lipinski definition) is 8. The molecule has 0 radical (unpaired) electrons. The van der Waals surface area contributed by atoms with Gasteiger partial charge in [-0.3, -0.25) is 14.4 Å². The van der Waals surface area contributed by atoms with Gasteiger partial charge in [-0.05, 0) is 25.8 Å². The summed E-state index contributed by atoms with van der Waals surface area (Å²) in [5.41, 5.74) is 10.8. The standard InChI is InChI=1S/C14H27N5O7/c15-4-2-1-3-9(19-12(23)8(16)6-20)13(24)17-5-11(22)18-10(7-21)14(25)26/h8-10,20-21H,1-7,15-16H2,(H,17,24)(H,18,22)(H,19,23)(H,25,26)/t8-,9-,10-/m0/s1. The van der Waals surface area contributed by atoms with Crippen LogP contribution in [0.25, 0.3) is 0 Å². The topological polar surface area (TPSA) is 217 Å². The second-order valence-corrected chi connectivity index (χ2v) is 5.49. The van der Waals surface area contributed by atoms with Crippen molar-refractivity contribution in [1.29, 1.82) is 0 Å². The van der Waals surface area contributed by atoms with Crippen molar-refractivity contribution in [2.45, 2.75) is 37.4 Å². The maximum Gasteiger partial charge on any atom is 0.328 e. The summed E-state index contributed by atoms with van der Waals surface area (Å²) in [6.07, 6.45) is 1.38. The highest BCUT2D eigenvalue weighted by Crippen LogP contribution is 2.01. The quantitative estimate of drug-likeness (QED) is 0.145. The number of amides is 3. The zero-order valence-corrected chi connectivity index (χ0v) is 14.3. The highest BCUT2D eigenvalue weighted by Gasteiger charge is 2.24. The molecule has 0 fully saturated rings. The Bertz CT molecular complexity index is 488. The Morgan fingerprint density at radius 2 is 1.58 bits per heavy atom. The van der Waals surface area contributed by atoms with Gasteiger partial charge in [0.15, 0.2) is 0 Å². The van der Waals surface area contributed by atoms with E-state index in [9.17, 15) is 19.2 Å². The first-order chi connectivity index (χ1) is 12.3. The van der Waals surface area contributed by atoms with Crippen LogP contribution >= 0.6 is 0 Å². The van der Waals surface area contributed by atoms with Crippen LogP contribution in [0.3, 0.4) is 0 Å². The minimum atomic E-state index is -1.48. The molecule has 0 aromatic rings. The molecule has 0 spiro atoms. The average molecular weight is 377 g/mol. The van der Waals surface area contributed by atoms with E-state index in [0.29, 0.717) is 19.4 Å². The first-order valence-corrected chi connectivity index (χ1v) is 8.04. The Morgan fingerprint density at radius 1 is 0.923 bits per heavy atom. The average Bonchev–Trinajstić information content (AvgIpc) is 2.62. The van der Waals surface area contributed by atoms with E-state index in [4.69, 9.17) is 26.8 Å². The molecule has 0 rings (SSSR count). The monoisotopic (exact) mass is 377 g/mol. The van der Waals surface area contributed by atoms with Gasteiger partial charge in [0.2, 0.25) is 17.7 Å². The van der Waals surface area contributed by atoms with E-state index >= 15 is 0 Å². The molecule has 0 bridgehead atoms. The Hall–Kier alpha value is -2.28. The van der Waals surface area contributed by atoms with Gasteiger partial charge in [-0.2, -0.15) is 0 Å². The highest BCUT2D eigenvalue weighted by molar-refractivity contribution is 5.92. The molecule has 12 heteroatoms. The molecule has 26 heavy (non-hydrogen) atoms. The first kappa shape index (κ1) is 23.7. The van der Waals surface area contributed by atoms with Crippen LogP contribution in [0.5, 0.6) is 0 Å². The smallest absolute Gasteiger partial charge is 0.328 e. The second kappa shape index (κ2) is 13.0. The van der Waals surface area contributed by atoms with Crippen LogP contribution in [0.2, 0.25) is 0 Å². The molecule has 0 aromatic heterocycles. The Labute approximate surface area is 150 Å². The molecule has 0 saturated heterocycles. The summed E-state index contributed by atoms with van der Waals surface area (Å²) in [4.78, 5) is 46.3. The number of carboxylic acid groups (broad SMARTS) is 1. The number of aliphatic carboxylic acids is 1. The molecule has 0 unspecified atom stereocenters. The van der Waals surface area contributed by atoms with Crippen LogP contribution in [-0.4, -0.2) is 83.4 Å². The maximum absolute atomic E-state index is 12.2. The molecule has 3 amide bonds. The summed E-state index contributed by atoms with van der Waals surface area (Å²) < 4.78 is 0. The molecule has 12 nitrogen and oxygen atoms in total. The lowest BCUT2D eigenvalue weighted by atomic mass is 10.1. The maximum atomic E-state index is 12.2. The van der Waals surface area contributed by atoms with Crippen molar-refractivity contribution < 1.29 is 34.5 Å². The Kier molecular flexibility index (Phi) is 11.9. The predicted molar refractivity (Wildman–Crippen MR) is 89.6 cm³/mol. The number of nitrogens with one attached hydrogen (secondary N) is 3. The number of unbranched alkanes of at least 4 members (excludes halogenated alkanes) is 1. The molecular weight excluding hydrogens is 350 g/mol. The van der Waals surface area contributed by atoms with Gasteiger partial charge in [0, 0.05) is 0 Å². The first-order valence-electron chi connectivity index (χ1n) is 8.04. The lowest BCUT2D eigenvalue weighted by molar-refractivity contribution is -0.142. The molecule has 0 aliphatic rings. The largest absolute Gasteiger partial charge is 0.480 e. The van der Waals surface area contributed by atoms with E-state index in [1.54, 1.807) is 0 Å². The van der Waals surface area contributed by atoms with Gasteiger partial charge in [0.25, 0.3) is 0 Å². The normalized spacial score (nSPS) is 14.0. The van der Waals surface area contributed by atoms with Crippen molar-refractivity contribution in [3.05, 3.63) is 0 Å². The Morgan fingerprint density at radius 3 is 2.08 bits per heavy atom. The lowest BCUT2D eigenvalue weighted by Crippen LogP contribution is -2.54. The van der Waals surface area contributed by atoms with Crippen LogP contribution in [0.1, 0.15) is 19.3 Å². The second-order valence-electron chi connectivity index (χ2n) is 5.49. The van der Waals surface area contributed by atoms with Crippen LogP contribution in [0, 0.1) is 0 Å². The zero-order valence-electron chi connectivity index (χ0n) is 14.3. The molecule has 0 aromatic carbocycles. The van der Waals surface area contributed by atoms with E-state index in [1.807, 2.05) is 5.32 Å². The van der Waals surface area contributed by atoms with Gasteiger partial charge in [-0.15, -0.1) is 0 Å². The van der Waals surface area contributed by atoms with Crippen LogP contribution in [-0.2, 0) is 19.2 Å². The fourth-order valence-corrected chi connectivity index (χ4v) is 1.84. The van der Waals surface area contributed by atoms with Gasteiger partial charge in [0.1, 0.15) is 18.1 Å². The minimum Gasteiger partial charge on any atom is -0.480 e. The van der Waals surface area contributed by atoms with E-state index in [0.717, 1.165) is 0 Å². The van der Waals surface area contributed by atoms with Crippen molar-refractivity contribution >= 4 is 23.7 Å². The van der Waals surface area contributed by atoms with Gasteiger partial charge < -0.3 is 42.7 Å². The van der Waals surface area contributed by atoms with Gasteiger partial charge in [-0.25, -0.2) is 4.79 Å². The van der Waals surface area contributed by atoms with Gasteiger partial charge in [0.05, 0.1) is 19.8 Å². The molecule has 10 N–H and O–H groups in total. The predicted octanol–water partition coefficient (Wildman–Crippen LogP) is -4.40. The van der Waals surface area contributed by atoms with Crippen LogP contribution < -0.4 is 27.4 Å². The van der Waals surface area contributed by atoms with Gasteiger partial charge in [-0.1, -0.05) is 0 Å². The van der Waals surface area contributed by atoms with Crippen molar-refractivity contribution in [1.82, 2.24) is 16.0 Å². The highest BCUT2D eigenvalue weighted by atomic mass is 16.4. The number of nitrogens with two attached hydrogens (primary N) is 2. The number of aliphatic hydroxyl groups is 2. The van der Waals surface area contributed by atoms with Crippen LogP contribution in [0.4, 0.5) is 0 Å². The number of carboxylic acids is 1. The molecule has 0 heterocycles. The fraction of sp³-hybridized carbons (Fsp3) is 0.714. The fourth-order valence-electron chi connectivity index (χ4n) is 1.84. The zero-order chi connectivity index (χ0) is 20.1. The van der Waals surface area contributed by atoms with E-state index in [2.05, 4.69) is 10.6 Å². The summed E-state index contributed by atoms with van der Waals surface area (Å²) in [5, 5.41) is 33.1. The van der Waals surface area contributed by atoms with Crippen molar-refractivity contribution in [3.63, 3.8) is 0 Å². The third-order valence-corrected chi connectivity index (χ3v) is 3.35. The summed E-state index contributed by atoms with van der Waals surface area (Å²) >= 11 is 0. The molecular formula is C14H27N5O7. The van der Waals surface area contributed by atoms with Crippen molar-refractivity contribution in [2.75, 3.05) is 26.3 Å². The number of hydrogen-bond donors (Lipinski definition) is 8. The third-order valence-electron chi connectivity index (χ3n) is 3.35. The summed E-state index contributed by atoms with van der Waals surface area (Å²) in [7, 11) is 0. The van der Waals surface area contributed by atoms with Crippen molar-refractivity contribution in [3.8, 4) is 0 Å².